The van der Waals surface area contributed by atoms with E-state index in [9.17, 15) is 14.7 Å². The maximum Gasteiger partial charge on any atom is 0.331 e. The van der Waals surface area contributed by atoms with E-state index < -0.39 is 17.8 Å². The SMILES string of the molecule is COC(=O)C1(Nc2cccc(Cl)c2)CCC2(CC1)c1cc3c(cc1C[C@@H]2C[C@@H](C)COc1ccnc2c1[C@H](C)CCC2)OC(CC(=O)O)O3. The summed E-state index contributed by atoms with van der Waals surface area (Å²) >= 11 is 6.31. The number of aromatic nitrogens is 1. The Balaban J connectivity index is 1.15. The number of rotatable bonds is 10. The highest BCUT2D eigenvalue weighted by atomic mass is 35.5. The predicted molar refractivity (Wildman–Crippen MR) is 186 cm³/mol. The third kappa shape index (κ3) is 6.42. The van der Waals surface area contributed by atoms with Gasteiger partial charge in [-0.25, -0.2) is 4.79 Å². The highest BCUT2D eigenvalue weighted by molar-refractivity contribution is 6.30. The number of pyridine rings is 1. The topological polar surface area (TPSA) is 116 Å². The molecule has 1 aromatic heterocycles. The lowest BCUT2D eigenvalue weighted by Crippen LogP contribution is -2.53. The van der Waals surface area contributed by atoms with E-state index in [1.54, 1.807) is 0 Å². The zero-order valence-electron chi connectivity index (χ0n) is 28.4. The highest BCUT2D eigenvalue weighted by Crippen LogP contribution is 2.58. The van der Waals surface area contributed by atoms with E-state index in [-0.39, 0.29) is 23.7 Å². The molecule has 3 aliphatic carbocycles. The molecule has 1 spiro atoms. The first kappa shape index (κ1) is 33.5. The molecule has 0 amide bonds. The van der Waals surface area contributed by atoms with Gasteiger partial charge in [-0.1, -0.05) is 31.5 Å². The van der Waals surface area contributed by atoms with E-state index in [1.165, 1.54) is 29.5 Å². The van der Waals surface area contributed by atoms with Crippen LogP contribution in [0.25, 0.3) is 0 Å². The first-order valence-corrected chi connectivity index (χ1v) is 17.9. The van der Waals surface area contributed by atoms with Crippen molar-refractivity contribution in [3.05, 3.63) is 76.1 Å². The van der Waals surface area contributed by atoms with E-state index in [4.69, 9.17) is 30.5 Å². The summed E-state index contributed by atoms with van der Waals surface area (Å²) in [7, 11) is 1.44. The fourth-order valence-corrected chi connectivity index (χ4v) is 9.20. The molecule has 1 fully saturated rings. The summed E-state index contributed by atoms with van der Waals surface area (Å²) in [6.45, 7) is 5.13. The molecule has 3 aromatic rings. The zero-order chi connectivity index (χ0) is 34.3. The van der Waals surface area contributed by atoms with Gasteiger partial charge in [0.25, 0.3) is 6.29 Å². The number of nitrogens with zero attached hydrogens (tertiary/aromatic N) is 1. The van der Waals surface area contributed by atoms with Crippen molar-refractivity contribution in [3.63, 3.8) is 0 Å². The summed E-state index contributed by atoms with van der Waals surface area (Å²) in [5.74, 6) is 1.89. The summed E-state index contributed by atoms with van der Waals surface area (Å²) in [6.07, 6.45) is 8.57. The summed E-state index contributed by atoms with van der Waals surface area (Å²) in [6, 6.07) is 13.6. The van der Waals surface area contributed by atoms with Gasteiger partial charge < -0.3 is 29.4 Å². The molecular formula is C39H45ClN2O7. The minimum Gasteiger partial charge on any atom is -0.493 e. The molecule has 0 saturated heterocycles. The standard InChI is InChI=1S/C39H45ClN2O7/c1-23(22-47-31-10-15-41-30-9-4-6-24(2)36(30)31)16-26-17-25-18-32-33(49-35(48-32)21-34(43)44)20-29(25)38(26)11-13-39(14-12-38,37(45)46-3)42-28-8-5-7-27(40)19-28/h5,7-8,10,15,18-20,23-24,26,35,42H,4,6,9,11-14,16-17,21-22H2,1-3H3,(H,43,44)/t23-,24-,26+,35?,38?,39?/m1/s1. The van der Waals surface area contributed by atoms with Crippen LogP contribution in [0.1, 0.15) is 93.5 Å². The van der Waals surface area contributed by atoms with Crippen LogP contribution in [0.5, 0.6) is 17.2 Å². The average molecular weight is 689 g/mol. The van der Waals surface area contributed by atoms with Gasteiger partial charge in [0.1, 0.15) is 17.7 Å². The quantitative estimate of drug-likeness (QED) is 0.205. The number of fused-ring (bicyclic) bond motifs is 4. The summed E-state index contributed by atoms with van der Waals surface area (Å²) < 4.78 is 23.9. The number of hydrogen-bond acceptors (Lipinski definition) is 8. The molecule has 260 valence electrons. The molecule has 2 aromatic carbocycles. The number of anilines is 1. The normalized spacial score (nSPS) is 27.2. The van der Waals surface area contributed by atoms with Crippen LogP contribution in [-0.4, -0.2) is 47.6 Å². The summed E-state index contributed by atoms with van der Waals surface area (Å²) in [5, 5.41) is 13.4. The second kappa shape index (κ2) is 13.4. The van der Waals surface area contributed by atoms with Crippen LogP contribution in [0, 0.1) is 11.8 Å². The first-order valence-electron chi connectivity index (χ1n) is 17.5. The van der Waals surface area contributed by atoms with Gasteiger partial charge in [-0.05, 0) is 128 Å². The highest BCUT2D eigenvalue weighted by Gasteiger charge is 2.55. The Morgan fingerprint density at radius 2 is 1.90 bits per heavy atom. The van der Waals surface area contributed by atoms with Gasteiger partial charge in [0.2, 0.25) is 0 Å². The van der Waals surface area contributed by atoms with Crippen molar-refractivity contribution < 1.29 is 33.6 Å². The van der Waals surface area contributed by atoms with Crippen LogP contribution in [0.4, 0.5) is 5.69 Å². The fourth-order valence-electron chi connectivity index (χ4n) is 9.01. The number of esters is 1. The third-order valence-electron chi connectivity index (χ3n) is 11.4. The number of nitrogens with one attached hydrogen (secondary N) is 1. The molecule has 4 aliphatic rings. The third-order valence-corrected chi connectivity index (χ3v) is 11.6. The van der Waals surface area contributed by atoms with E-state index in [0.717, 1.165) is 56.4 Å². The Morgan fingerprint density at radius 3 is 2.63 bits per heavy atom. The van der Waals surface area contributed by atoms with Crippen LogP contribution in [-0.2, 0) is 32.6 Å². The molecule has 2 N–H and O–H groups in total. The van der Waals surface area contributed by atoms with Crippen molar-refractivity contribution in [2.45, 2.75) is 101 Å². The molecule has 10 heteroatoms. The molecule has 0 bridgehead atoms. The number of carboxylic acid groups (broad SMARTS) is 1. The van der Waals surface area contributed by atoms with E-state index in [1.807, 2.05) is 42.6 Å². The van der Waals surface area contributed by atoms with Gasteiger partial charge in [0, 0.05) is 28.2 Å². The van der Waals surface area contributed by atoms with Crippen molar-refractivity contribution in [2.75, 3.05) is 19.0 Å². The summed E-state index contributed by atoms with van der Waals surface area (Å²) in [5.41, 5.74) is 4.50. The van der Waals surface area contributed by atoms with Crippen LogP contribution in [0.15, 0.2) is 48.7 Å². The molecule has 1 unspecified atom stereocenters. The van der Waals surface area contributed by atoms with E-state index in [2.05, 4.69) is 30.2 Å². The monoisotopic (exact) mass is 688 g/mol. The molecule has 4 atom stereocenters. The van der Waals surface area contributed by atoms with Gasteiger partial charge in [-0.3, -0.25) is 9.78 Å². The predicted octanol–water partition coefficient (Wildman–Crippen LogP) is 7.86. The maximum atomic E-state index is 13.5. The maximum absolute atomic E-state index is 13.5. The number of carboxylic acids is 1. The van der Waals surface area contributed by atoms with Crippen molar-refractivity contribution in [2.24, 2.45) is 11.8 Å². The smallest absolute Gasteiger partial charge is 0.331 e. The minimum atomic E-state index is -0.974. The molecular weight excluding hydrogens is 644 g/mol. The molecule has 49 heavy (non-hydrogen) atoms. The molecule has 2 heterocycles. The number of carbonyl (C=O) groups is 2. The number of aliphatic carboxylic acids is 1. The Hall–Kier alpha value is -3.98. The number of hydrogen-bond donors (Lipinski definition) is 2. The number of methoxy groups -OCH3 is 1. The van der Waals surface area contributed by atoms with E-state index in [0.29, 0.717) is 47.8 Å². The van der Waals surface area contributed by atoms with Gasteiger partial charge >= 0.3 is 11.9 Å². The van der Waals surface area contributed by atoms with E-state index >= 15 is 0 Å². The lowest BCUT2D eigenvalue weighted by molar-refractivity contribution is -0.148. The second-order valence-corrected chi connectivity index (χ2v) is 15.0. The molecule has 9 nitrogen and oxygen atoms in total. The number of benzene rings is 2. The van der Waals surface area contributed by atoms with Crippen molar-refractivity contribution in [1.29, 1.82) is 0 Å². The van der Waals surface area contributed by atoms with Crippen LogP contribution in [0.3, 0.4) is 0 Å². The van der Waals surface area contributed by atoms with Gasteiger partial charge in [0.15, 0.2) is 11.5 Å². The van der Waals surface area contributed by atoms with Gasteiger partial charge in [-0.2, -0.15) is 0 Å². The van der Waals surface area contributed by atoms with Crippen LogP contribution in [0.2, 0.25) is 5.02 Å². The Bertz CT molecular complexity index is 1740. The second-order valence-electron chi connectivity index (χ2n) is 14.6. The van der Waals surface area contributed by atoms with Gasteiger partial charge in [0.05, 0.1) is 13.7 Å². The molecule has 7 rings (SSSR count). The average Bonchev–Trinajstić information content (AvgIpc) is 3.59. The Kier molecular flexibility index (Phi) is 9.15. The molecule has 1 aliphatic heterocycles. The number of carbonyl (C=O) groups excluding carboxylic acids is 1. The van der Waals surface area contributed by atoms with Gasteiger partial charge in [-0.15, -0.1) is 0 Å². The lowest BCUT2D eigenvalue weighted by atomic mass is 9.59. The molecule has 1 saturated carbocycles. The zero-order valence-corrected chi connectivity index (χ0v) is 29.2. The number of ether oxygens (including phenoxy) is 4. The van der Waals surface area contributed by atoms with Crippen LogP contribution >= 0.6 is 11.6 Å². The lowest BCUT2D eigenvalue weighted by Gasteiger charge is -2.47. The largest absolute Gasteiger partial charge is 0.493 e. The number of halogens is 1. The molecule has 0 radical (unpaired) electrons. The summed E-state index contributed by atoms with van der Waals surface area (Å²) in [4.78, 5) is 29.5. The number of aryl methyl sites for hydroxylation is 1. The Labute approximate surface area is 292 Å². The van der Waals surface area contributed by atoms with Crippen LogP contribution < -0.4 is 19.5 Å². The minimum absolute atomic E-state index is 0.218. The fraction of sp³-hybridized carbons (Fsp3) is 0.513. The van der Waals surface area contributed by atoms with Crippen molar-refractivity contribution >= 4 is 29.2 Å². The van der Waals surface area contributed by atoms with Crippen molar-refractivity contribution in [3.8, 4) is 17.2 Å². The van der Waals surface area contributed by atoms with Crippen molar-refractivity contribution in [1.82, 2.24) is 4.98 Å². The Morgan fingerprint density at radius 1 is 1.12 bits per heavy atom. The first-order chi connectivity index (χ1) is 23.6.